The van der Waals surface area contributed by atoms with E-state index in [0.717, 1.165) is 0 Å². The first-order valence-electron chi connectivity index (χ1n) is 7.64. The second kappa shape index (κ2) is 13.6. The number of hydrogen-bond acceptors (Lipinski definition) is 8. The van der Waals surface area contributed by atoms with Crippen LogP contribution in [0.1, 0.15) is 13.2 Å². The third kappa shape index (κ3) is 18.5. The Morgan fingerprint density at radius 1 is 1.06 bits per heavy atom. The molecule has 1 aromatic rings. The molecular formula is C10H22Cl2N3O15P3. The molecule has 1 aromatic heterocycles. The standard InChI is InChI=1S/C10H13Cl2N3O3.3H3O4P/c1-10(4-11)7(16)6(12)8(18-10)15-3-2-5(13)14-9(15)17;3*1-5(2,3)4/h2-3,6-8,16H,4H2,1H3,(H2,13,14,17);3*(H3,1,2,3,4)/t6-,7+,8-,10+;;;/m1.../s1. The van der Waals surface area contributed by atoms with Crippen molar-refractivity contribution in [1.29, 1.82) is 0 Å². The molecule has 4 atom stereocenters. The van der Waals surface area contributed by atoms with Gasteiger partial charge < -0.3 is 59.6 Å². The lowest BCUT2D eigenvalue weighted by atomic mass is 10.0. The second-order valence-electron chi connectivity index (χ2n) is 5.93. The van der Waals surface area contributed by atoms with Gasteiger partial charge in [0, 0.05) is 6.20 Å². The van der Waals surface area contributed by atoms with Gasteiger partial charge in [0.1, 0.15) is 22.9 Å². The monoisotopic (exact) mass is 587 g/mol. The zero-order valence-electron chi connectivity index (χ0n) is 16.2. The molecule has 0 spiro atoms. The summed E-state index contributed by atoms with van der Waals surface area (Å²) in [7, 11) is -13.9. The lowest BCUT2D eigenvalue weighted by molar-refractivity contribution is -0.0770. The third-order valence-electron chi connectivity index (χ3n) is 2.98. The van der Waals surface area contributed by atoms with Crippen LogP contribution in [0, 0.1) is 0 Å². The first-order chi connectivity index (χ1) is 14.4. The van der Waals surface area contributed by atoms with E-state index in [1.165, 1.54) is 16.8 Å². The lowest BCUT2D eigenvalue weighted by Crippen LogP contribution is -2.40. The maximum atomic E-state index is 11.7. The van der Waals surface area contributed by atoms with Crippen LogP contribution in [0.5, 0.6) is 0 Å². The fourth-order valence-corrected chi connectivity index (χ4v) is 2.50. The van der Waals surface area contributed by atoms with E-state index in [0.29, 0.717) is 0 Å². The maximum Gasteiger partial charge on any atom is 0.466 e. The minimum absolute atomic E-state index is 0.0606. The number of aliphatic hydroxyl groups excluding tert-OH is 1. The Balaban J connectivity index is 0. The quantitative estimate of drug-likeness (QED) is 0.126. The number of alkyl halides is 2. The highest BCUT2D eigenvalue weighted by Gasteiger charge is 2.51. The zero-order valence-corrected chi connectivity index (χ0v) is 20.4. The van der Waals surface area contributed by atoms with Gasteiger partial charge in [-0.1, -0.05) is 0 Å². The molecule has 33 heavy (non-hydrogen) atoms. The minimum Gasteiger partial charge on any atom is -0.388 e. The number of aromatic nitrogens is 2. The van der Waals surface area contributed by atoms with Crippen molar-refractivity contribution in [2.75, 3.05) is 11.6 Å². The molecule has 0 aromatic carbocycles. The van der Waals surface area contributed by atoms with E-state index < -0.39 is 52.5 Å². The van der Waals surface area contributed by atoms with Crippen molar-refractivity contribution in [3.63, 3.8) is 0 Å². The molecule has 0 bridgehead atoms. The molecule has 0 aliphatic carbocycles. The molecule has 2 rings (SSSR count). The van der Waals surface area contributed by atoms with E-state index in [4.69, 9.17) is 91.4 Å². The number of rotatable bonds is 2. The van der Waals surface area contributed by atoms with Crippen LogP contribution in [-0.2, 0) is 18.4 Å². The summed E-state index contributed by atoms with van der Waals surface area (Å²) in [5.41, 5.74) is 3.81. The molecule has 12 N–H and O–H groups in total. The molecule has 196 valence electrons. The summed E-state index contributed by atoms with van der Waals surface area (Å²) < 4.78 is 33.4. The molecule has 1 aliphatic rings. The predicted octanol–water partition coefficient (Wildman–Crippen LogP) is -2.47. The van der Waals surface area contributed by atoms with Gasteiger partial charge in [-0.05, 0) is 13.0 Å². The molecule has 23 heteroatoms. The molecule has 0 saturated carbocycles. The van der Waals surface area contributed by atoms with Crippen LogP contribution in [0.3, 0.4) is 0 Å². The SMILES string of the molecule is C[C@@]1(CCl)O[C@@H](n2ccc(N)nc2=O)[C@H](Cl)[C@@H]1O.O=P(O)(O)O.O=P(O)(O)O.O=P(O)(O)O. The molecule has 1 saturated heterocycles. The smallest absolute Gasteiger partial charge is 0.388 e. The summed E-state index contributed by atoms with van der Waals surface area (Å²) in [5.74, 6) is 0.173. The Morgan fingerprint density at radius 3 is 1.70 bits per heavy atom. The first-order valence-corrected chi connectivity index (χ1v) is 13.3. The molecule has 1 aliphatic heterocycles. The highest BCUT2D eigenvalue weighted by atomic mass is 35.5. The van der Waals surface area contributed by atoms with Gasteiger partial charge in [0.05, 0.1) is 5.88 Å². The van der Waals surface area contributed by atoms with Gasteiger partial charge in [0.25, 0.3) is 0 Å². The molecule has 1 fully saturated rings. The molecule has 0 amide bonds. The number of anilines is 1. The van der Waals surface area contributed by atoms with E-state index in [9.17, 15) is 9.90 Å². The zero-order chi connectivity index (χ0) is 27.0. The van der Waals surface area contributed by atoms with Crippen LogP contribution in [0.2, 0.25) is 0 Å². The van der Waals surface area contributed by atoms with Gasteiger partial charge in [-0.3, -0.25) is 4.57 Å². The number of phosphoric acid groups is 3. The van der Waals surface area contributed by atoms with Crippen LogP contribution < -0.4 is 11.4 Å². The lowest BCUT2D eigenvalue weighted by Gasteiger charge is -2.24. The number of ether oxygens (including phenoxy) is 1. The highest BCUT2D eigenvalue weighted by molar-refractivity contribution is 7.45. The average molecular weight is 588 g/mol. The van der Waals surface area contributed by atoms with Crippen molar-refractivity contribution in [3.05, 3.63) is 22.7 Å². The summed E-state index contributed by atoms with van der Waals surface area (Å²) in [6.45, 7) is 1.63. The topological polar surface area (TPSA) is 324 Å². The van der Waals surface area contributed by atoms with Crippen molar-refractivity contribution in [2.45, 2.75) is 30.2 Å². The van der Waals surface area contributed by atoms with E-state index in [2.05, 4.69) is 4.98 Å². The highest BCUT2D eigenvalue weighted by Crippen LogP contribution is 2.40. The Hall–Kier alpha value is -0.490. The number of halogens is 2. The van der Waals surface area contributed by atoms with Crippen LogP contribution in [0.25, 0.3) is 0 Å². The van der Waals surface area contributed by atoms with Crippen molar-refractivity contribution in [2.24, 2.45) is 0 Å². The van der Waals surface area contributed by atoms with E-state index >= 15 is 0 Å². The Labute approximate surface area is 194 Å². The molecule has 0 unspecified atom stereocenters. The number of nitrogen functional groups attached to an aromatic ring is 1. The molecule has 18 nitrogen and oxygen atoms in total. The first kappa shape index (κ1) is 34.7. The number of aliphatic hydroxyl groups is 1. The van der Waals surface area contributed by atoms with Gasteiger partial charge in [-0.2, -0.15) is 4.98 Å². The minimum atomic E-state index is -4.64. The summed E-state index contributed by atoms with van der Waals surface area (Å²) >= 11 is 11.8. The number of nitrogens with zero attached hydrogens (tertiary/aromatic N) is 2. The fraction of sp³-hybridized carbons (Fsp3) is 0.600. The molecule has 0 radical (unpaired) electrons. The largest absolute Gasteiger partial charge is 0.466 e. The van der Waals surface area contributed by atoms with Gasteiger partial charge in [0.15, 0.2) is 6.23 Å². The van der Waals surface area contributed by atoms with Crippen LogP contribution in [0.15, 0.2) is 17.1 Å². The molecular weight excluding hydrogens is 566 g/mol. The van der Waals surface area contributed by atoms with Gasteiger partial charge in [-0.15, -0.1) is 23.2 Å². The van der Waals surface area contributed by atoms with E-state index in [1.54, 1.807) is 6.92 Å². The van der Waals surface area contributed by atoms with Crippen molar-refractivity contribution in [1.82, 2.24) is 9.55 Å². The summed E-state index contributed by atoms with van der Waals surface area (Å²) in [4.78, 5) is 80.0. The Kier molecular flexibility index (Phi) is 14.2. The maximum absolute atomic E-state index is 11.7. The number of hydrogen-bond donors (Lipinski definition) is 11. The summed E-state index contributed by atoms with van der Waals surface area (Å²) in [6.07, 6.45) is -0.380. The third-order valence-corrected chi connectivity index (χ3v) is 3.97. The van der Waals surface area contributed by atoms with E-state index in [1.807, 2.05) is 0 Å². The Bertz CT molecular complexity index is 875. The van der Waals surface area contributed by atoms with Gasteiger partial charge >= 0.3 is 29.2 Å². The van der Waals surface area contributed by atoms with Crippen molar-refractivity contribution >= 4 is 52.5 Å². The molecule has 2 heterocycles. The summed E-state index contributed by atoms with van der Waals surface area (Å²) in [6, 6.07) is 1.46. The average Bonchev–Trinajstić information content (AvgIpc) is 2.75. The van der Waals surface area contributed by atoms with E-state index in [-0.39, 0.29) is 11.7 Å². The van der Waals surface area contributed by atoms with Crippen LogP contribution >= 0.6 is 46.7 Å². The van der Waals surface area contributed by atoms with Crippen molar-refractivity contribution < 1.29 is 67.6 Å². The van der Waals surface area contributed by atoms with Crippen molar-refractivity contribution in [3.8, 4) is 0 Å². The van der Waals surface area contributed by atoms with Crippen LogP contribution in [-0.4, -0.2) is 81.7 Å². The van der Waals surface area contributed by atoms with Gasteiger partial charge in [0.2, 0.25) is 0 Å². The normalized spacial score (nSPS) is 24.9. The Morgan fingerprint density at radius 2 is 1.42 bits per heavy atom. The van der Waals surface area contributed by atoms with Crippen LogP contribution in [0.4, 0.5) is 5.82 Å². The predicted molar refractivity (Wildman–Crippen MR) is 111 cm³/mol. The fourth-order valence-electron chi connectivity index (χ4n) is 1.84. The van der Waals surface area contributed by atoms with Gasteiger partial charge in [-0.25, -0.2) is 18.5 Å². The summed E-state index contributed by atoms with van der Waals surface area (Å²) in [5, 5.41) is 9.20. The second-order valence-corrected chi connectivity index (χ2v) is 9.78. The number of nitrogens with two attached hydrogens (primary N) is 1.